The highest BCUT2D eigenvalue weighted by Gasteiger charge is 2.37. The van der Waals surface area contributed by atoms with Gasteiger partial charge in [0.15, 0.2) is 12.4 Å². The minimum Gasteiger partial charge on any atom is -0.497 e. The number of nitro benzene ring substituents is 1. The number of ketones is 1. The second-order valence-corrected chi connectivity index (χ2v) is 6.78. The van der Waals surface area contributed by atoms with E-state index in [1.165, 1.54) is 37.3 Å². The molecule has 1 saturated heterocycles. The normalized spacial score (nSPS) is 15.5. The predicted molar refractivity (Wildman–Crippen MR) is 108 cm³/mol. The van der Waals surface area contributed by atoms with Crippen molar-refractivity contribution in [1.29, 1.82) is 0 Å². The van der Waals surface area contributed by atoms with Crippen LogP contribution in [0, 0.1) is 16.0 Å². The van der Waals surface area contributed by atoms with Gasteiger partial charge in [-0.15, -0.1) is 0 Å². The van der Waals surface area contributed by atoms with E-state index in [0.29, 0.717) is 17.0 Å². The number of nitrogens with zero attached hydrogens (tertiary/aromatic N) is 2. The number of benzene rings is 2. The van der Waals surface area contributed by atoms with Crippen molar-refractivity contribution in [2.24, 2.45) is 5.92 Å². The number of hydrogen-bond acceptors (Lipinski definition) is 8. The molecule has 1 heterocycles. The van der Waals surface area contributed by atoms with E-state index < -0.39 is 23.4 Å². The summed E-state index contributed by atoms with van der Waals surface area (Å²) in [6.07, 6.45) is -0.101. The van der Waals surface area contributed by atoms with Gasteiger partial charge >= 0.3 is 5.97 Å². The van der Waals surface area contributed by atoms with Crippen molar-refractivity contribution in [3.8, 4) is 11.5 Å². The van der Waals surface area contributed by atoms with Crippen LogP contribution in [-0.2, 0) is 14.3 Å². The Kier molecular flexibility index (Phi) is 6.49. The summed E-state index contributed by atoms with van der Waals surface area (Å²) in [5.74, 6) is -1.43. The molecule has 0 spiro atoms. The molecule has 1 amide bonds. The quantitative estimate of drug-likeness (QED) is 0.272. The minimum absolute atomic E-state index is 0.0164. The molecule has 0 radical (unpaired) electrons. The van der Waals surface area contributed by atoms with E-state index in [2.05, 4.69) is 0 Å². The van der Waals surface area contributed by atoms with Crippen molar-refractivity contribution < 1.29 is 33.5 Å². The summed E-state index contributed by atoms with van der Waals surface area (Å²) in [5, 5.41) is 10.9. The molecular formula is C21H20N2O8. The Labute approximate surface area is 177 Å². The molecule has 3 rings (SSSR count). The Bertz CT molecular complexity index is 1020. The molecule has 0 saturated carbocycles. The summed E-state index contributed by atoms with van der Waals surface area (Å²) in [7, 11) is 2.84. The fraction of sp³-hybridized carbons (Fsp3) is 0.286. The number of Topliss-reactive ketones (excluding diaryl/α,β-unsaturated/α-hetero) is 1. The van der Waals surface area contributed by atoms with Crippen LogP contribution in [-0.4, -0.2) is 50.0 Å². The van der Waals surface area contributed by atoms with E-state index in [-0.39, 0.29) is 36.1 Å². The summed E-state index contributed by atoms with van der Waals surface area (Å²) in [5.41, 5.74) is 0.510. The summed E-state index contributed by atoms with van der Waals surface area (Å²) in [6.45, 7) is -0.431. The second-order valence-electron chi connectivity index (χ2n) is 6.78. The van der Waals surface area contributed by atoms with Crippen LogP contribution in [0.5, 0.6) is 11.5 Å². The first-order valence-electron chi connectivity index (χ1n) is 9.30. The molecule has 162 valence electrons. The molecule has 0 unspecified atom stereocenters. The van der Waals surface area contributed by atoms with E-state index in [0.717, 1.165) is 0 Å². The Balaban J connectivity index is 1.63. The first-order chi connectivity index (χ1) is 14.8. The third-order valence-corrected chi connectivity index (χ3v) is 4.88. The summed E-state index contributed by atoms with van der Waals surface area (Å²) in [4.78, 5) is 48.8. The molecule has 0 bridgehead atoms. The number of carbonyl (C=O) groups is 3. The third-order valence-electron chi connectivity index (χ3n) is 4.88. The SMILES string of the molecule is COc1ccc(C(=O)COC(=O)[C@@H]2CC(=O)N(c3ccc([N+](=O)[O-])cc3OC)C2)cc1. The van der Waals surface area contributed by atoms with E-state index in [9.17, 15) is 24.5 Å². The van der Waals surface area contributed by atoms with Crippen molar-refractivity contribution in [1.82, 2.24) is 0 Å². The Hall–Kier alpha value is -3.95. The zero-order chi connectivity index (χ0) is 22.5. The van der Waals surface area contributed by atoms with Crippen molar-refractivity contribution in [3.05, 3.63) is 58.1 Å². The molecule has 31 heavy (non-hydrogen) atoms. The topological polar surface area (TPSA) is 125 Å². The molecule has 2 aromatic rings. The largest absolute Gasteiger partial charge is 0.497 e. The van der Waals surface area contributed by atoms with Gasteiger partial charge in [-0.25, -0.2) is 0 Å². The lowest BCUT2D eigenvalue weighted by atomic mass is 10.1. The lowest BCUT2D eigenvalue weighted by Crippen LogP contribution is -2.27. The van der Waals surface area contributed by atoms with Crippen LogP contribution in [0.3, 0.4) is 0 Å². The summed E-state index contributed by atoms with van der Waals surface area (Å²) >= 11 is 0. The van der Waals surface area contributed by atoms with Crippen molar-refractivity contribution in [3.63, 3.8) is 0 Å². The molecule has 10 heteroatoms. The number of anilines is 1. The van der Waals surface area contributed by atoms with Crippen LogP contribution >= 0.6 is 0 Å². The minimum atomic E-state index is -0.768. The maximum atomic E-state index is 12.4. The van der Waals surface area contributed by atoms with Crippen LogP contribution in [0.2, 0.25) is 0 Å². The zero-order valence-electron chi connectivity index (χ0n) is 16.9. The van der Waals surface area contributed by atoms with Gasteiger partial charge in [0, 0.05) is 24.6 Å². The number of non-ortho nitro benzene ring substituents is 1. The van der Waals surface area contributed by atoms with Gasteiger partial charge in [-0.05, 0) is 30.3 Å². The zero-order valence-corrected chi connectivity index (χ0v) is 16.9. The first-order valence-corrected chi connectivity index (χ1v) is 9.30. The highest BCUT2D eigenvalue weighted by Crippen LogP contribution is 2.36. The van der Waals surface area contributed by atoms with Gasteiger partial charge in [-0.3, -0.25) is 24.5 Å². The maximum Gasteiger partial charge on any atom is 0.311 e. The number of carbonyl (C=O) groups excluding carboxylic acids is 3. The van der Waals surface area contributed by atoms with E-state index in [1.807, 2.05) is 0 Å². The molecule has 0 aliphatic carbocycles. The number of methoxy groups -OCH3 is 2. The van der Waals surface area contributed by atoms with Crippen LogP contribution in [0.25, 0.3) is 0 Å². The average molecular weight is 428 g/mol. The molecule has 1 aliphatic heterocycles. The van der Waals surface area contributed by atoms with Crippen LogP contribution in [0.15, 0.2) is 42.5 Å². The Morgan fingerprint density at radius 2 is 1.84 bits per heavy atom. The monoisotopic (exact) mass is 428 g/mol. The Morgan fingerprint density at radius 1 is 1.13 bits per heavy atom. The van der Waals surface area contributed by atoms with E-state index in [4.69, 9.17) is 14.2 Å². The van der Waals surface area contributed by atoms with Gasteiger partial charge in [0.05, 0.1) is 36.8 Å². The molecule has 1 fully saturated rings. The smallest absolute Gasteiger partial charge is 0.311 e. The van der Waals surface area contributed by atoms with E-state index >= 15 is 0 Å². The van der Waals surface area contributed by atoms with Gasteiger partial charge in [-0.2, -0.15) is 0 Å². The fourth-order valence-electron chi connectivity index (χ4n) is 3.22. The first kappa shape index (κ1) is 21.8. The third kappa shape index (κ3) is 4.80. The van der Waals surface area contributed by atoms with Crippen molar-refractivity contribution >= 4 is 29.0 Å². The van der Waals surface area contributed by atoms with Gasteiger partial charge < -0.3 is 19.1 Å². The lowest BCUT2D eigenvalue weighted by molar-refractivity contribution is -0.384. The lowest BCUT2D eigenvalue weighted by Gasteiger charge is -2.19. The molecule has 0 N–H and O–H groups in total. The van der Waals surface area contributed by atoms with Gasteiger partial charge in [0.25, 0.3) is 5.69 Å². The fourth-order valence-corrected chi connectivity index (χ4v) is 3.22. The summed E-state index contributed by atoms with van der Waals surface area (Å²) in [6, 6.07) is 10.2. The number of amides is 1. The summed E-state index contributed by atoms with van der Waals surface area (Å²) < 4.78 is 15.3. The van der Waals surface area contributed by atoms with Crippen LogP contribution in [0.4, 0.5) is 11.4 Å². The second kappa shape index (κ2) is 9.24. The number of rotatable bonds is 8. The molecule has 1 aliphatic rings. The van der Waals surface area contributed by atoms with Crippen molar-refractivity contribution in [2.45, 2.75) is 6.42 Å². The van der Waals surface area contributed by atoms with Gasteiger partial charge in [-0.1, -0.05) is 0 Å². The van der Waals surface area contributed by atoms with E-state index in [1.54, 1.807) is 24.3 Å². The molecule has 1 atom stereocenters. The molecule has 10 nitrogen and oxygen atoms in total. The molecule has 2 aromatic carbocycles. The van der Waals surface area contributed by atoms with Crippen LogP contribution < -0.4 is 14.4 Å². The van der Waals surface area contributed by atoms with Gasteiger partial charge in [0.1, 0.15) is 11.5 Å². The number of ether oxygens (including phenoxy) is 3. The highest BCUT2D eigenvalue weighted by atomic mass is 16.6. The highest BCUT2D eigenvalue weighted by molar-refractivity contribution is 6.01. The maximum absolute atomic E-state index is 12.4. The Morgan fingerprint density at radius 3 is 2.45 bits per heavy atom. The van der Waals surface area contributed by atoms with Gasteiger partial charge in [0.2, 0.25) is 5.91 Å². The number of hydrogen-bond donors (Lipinski definition) is 0. The standard InChI is InChI=1S/C21H20N2O8/c1-29-16-6-3-13(4-7-16)18(24)12-31-21(26)14-9-20(25)22(11-14)17-8-5-15(23(27)28)10-19(17)30-2/h3-8,10,14H,9,11-12H2,1-2H3/t14-/m1/s1. The van der Waals surface area contributed by atoms with Crippen LogP contribution in [0.1, 0.15) is 16.8 Å². The van der Waals surface area contributed by atoms with Crippen molar-refractivity contribution in [2.75, 3.05) is 32.3 Å². The number of esters is 1. The predicted octanol–water partition coefficient (Wildman–Crippen LogP) is 2.39. The average Bonchev–Trinajstić information content (AvgIpc) is 3.18. The molecular weight excluding hydrogens is 408 g/mol. The number of nitro groups is 1. The molecule has 0 aromatic heterocycles.